The fraction of sp³-hybridized carbons (Fsp3) is 0.593. The van der Waals surface area contributed by atoms with Crippen LogP contribution < -0.4 is 15.6 Å². The van der Waals surface area contributed by atoms with E-state index in [1.165, 1.54) is 25.3 Å². The van der Waals surface area contributed by atoms with E-state index in [-0.39, 0.29) is 27.8 Å². The van der Waals surface area contributed by atoms with Gasteiger partial charge in [-0.2, -0.15) is 4.31 Å². The SMILES string of the molecule is CCCC(=N)c1nc(-c2cc(S(=O)(=O)N3CCC(N4CCCCC4)CC3)ccc2OCC)[nH]c(=O)c1NC. The largest absolute Gasteiger partial charge is 0.493 e. The molecule has 10 nitrogen and oxygen atoms in total. The van der Waals surface area contributed by atoms with Crippen molar-refractivity contribution in [2.75, 3.05) is 45.2 Å². The molecule has 4 rings (SSSR count). The molecule has 0 radical (unpaired) electrons. The zero-order chi connectivity index (χ0) is 27.3. The molecule has 0 atom stereocenters. The Morgan fingerprint density at radius 1 is 1.16 bits per heavy atom. The van der Waals surface area contributed by atoms with Crippen LogP contribution in [0.15, 0.2) is 27.9 Å². The summed E-state index contributed by atoms with van der Waals surface area (Å²) in [6.07, 6.45) is 6.57. The molecule has 2 aromatic rings. The Kier molecular flexibility index (Phi) is 9.22. The number of aromatic nitrogens is 2. The number of ether oxygens (including phenoxy) is 1. The van der Waals surface area contributed by atoms with Gasteiger partial charge >= 0.3 is 0 Å². The highest BCUT2D eigenvalue weighted by atomic mass is 32.2. The van der Waals surface area contributed by atoms with Crippen LogP contribution in [-0.4, -0.2) is 79.2 Å². The number of aromatic amines is 1. The second-order valence-corrected chi connectivity index (χ2v) is 11.9. The second-order valence-electron chi connectivity index (χ2n) is 9.94. The summed E-state index contributed by atoms with van der Waals surface area (Å²) < 4.78 is 34.7. The van der Waals surface area contributed by atoms with Gasteiger partial charge in [0.15, 0.2) is 0 Å². The number of hydrogen-bond acceptors (Lipinski definition) is 8. The molecule has 2 aliphatic heterocycles. The van der Waals surface area contributed by atoms with Gasteiger partial charge in [-0.3, -0.25) is 4.79 Å². The number of rotatable bonds is 10. The third kappa shape index (κ3) is 5.94. The first-order valence-electron chi connectivity index (χ1n) is 13.7. The lowest BCUT2D eigenvalue weighted by molar-refractivity contribution is 0.118. The van der Waals surface area contributed by atoms with Crippen LogP contribution in [0, 0.1) is 5.41 Å². The Morgan fingerprint density at radius 3 is 2.50 bits per heavy atom. The molecular formula is C27H40N6O4S. The van der Waals surface area contributed by atoms with Crippen molar-refractivity contribution < 1.29 is 13.2 Å². The van der Waals surface area contributed by atoms with Gasteiger partial charge in [0.25, 0.3) is 5.56 Å². The van der Waals surface area contributed by atoms with Crippen LogP contribution >= 0.6 is 0 Å². The van der Waals surface area contributed by atoms with Crippen molar-refractivity contribution in [3.63, 3.8) is 0 Å². The first kappa shape index (κ1) is 28.3. The van der Waals surface area contributed by atoms with Gasteiger partial charge in [0.05, 0.1) is 22.8 Å². The molecule has 0 unspecified atom stereocenters. The van der Waals surface area contributed by atoms with Crippen molar-refractivity contribution in [1.29, 1.82) is 5.41 Å². The maximum Gasteiger partial charge on any atom is 0.275 e. The molecule has 208 valence electrons. The van der Waals surface area contributed by atoms with E-state index < -0.39 is 15.6 Å². The van der Waals surface area contributed by atoms with Crippen LogP contribution in [0.3, 0.4) is 0 Å². The van der Waals surface area contributed by atoms with E-state index in [9.17, 15) is 13.2 Å². The van der Waals surface area contributed by atoms with Gasteiger partial charge in [0, 0.05) is 26.2 Å². The summed E-state index contributed by atoms with van der Waals surface area (Å²) in [7, 11) is -2.14. The van der Waals surface area contributed by atoms with Gasteiger partial charge in [-0.1, -0.05) is 19.8 Å². The topological polar surface area (TPSA) is 131 Å². The number of sulfonamides is 1. The quantitative estimate of drug-likeness (QED) is 0.389. The van der Waals surface area contributed by atoms with Crippen molar-refractivity contribution >= 4 is 21.4 Å². The minimum Gasteiger partial charge on any atom is -0.493 e. The molecule has 0 bridgehead atoms. The highest BCUT2D eigenvalue weighted by molar-refractivity contribution is 7.89. The highest BCUT2D eigenvalue weighted by Crippen LogP contribution is 2.33. The molecule has 0 amide bonds. The Labute approximate surface area is 225 Å². The first-order valence-corrected chi connectivity index (χ1v) is 15.1. The molecule has 2 fully saturated rings. The van der Waals surface area contributed by atoms with E-state index in [4.69, 9.17) is 10.1 Å². The monoisotopic (exact) mass is 544 g/mol. The maximum atomic E-state index is 13.7. The lowest BCUT2D eigenvalue weighted by Gasteiger charge is -2.39. The summed E-state index contributed by atoms with van der Waals surface area (Å²) in [5.74, 6) is 0.595. The predicted molar refractivity (Wildman–Crippen MR) is 150 cm³/mol. The summed E-state index contributed by atoms with van der Waals surface area (Å²) in [6.45, 7) is 7.33. The molecule has 3 heterocycles. The van der Waals surface area contributed by atoms with Gasteiger partial charge in [-0.25, -0.2) is 13.4 Å². The van der Waals surface area contributed by atoms with E-state index >= 15 is 0 Å². The Balaban J connectivity index is 1.66. The third-order valence-corrected chi connectivity index (χ3v) is 9.32. The smallest absolute Gasteiger partial charge is 0.275 e. The minimum atomic E-state index is -3.75. The van der Waals surface area contributed by atoms with Gasteiger partial charge < -0.3 is 25.3 Å². The van der Waals surface area contributed by atoms with Crippen molar-refractivity contribution in [2.24, 2.45) is 0 Å². The van der Waals surface area contributed by atoms with E-state index in [1.807, 2.05) is 13.8 Å². The number of likely N-dealkylation sites (tertiary alicyclic amines) is 1. The zero-order valence-electron chi connectivity index (χ0n) is 22.7. The van der Waals surface area contributed by atoms with E-state index in [2.05, 4.69) is 20.2 Å². The molecule has 0 aliphatic carbocycles. The van der Waals surface area contributed by atoms with Gasteiger partial charge in [-0.05, 0) is 70.3 Å². The van der Waals surface area contributed by atoms with Crippen LogP contribution in [-0.2, 0) is 10.0 Å². The van der Waals surface area contributed by atoms with Crippen LogP contribution in [0.2, 0.25) is 0 Å². The maximum absolute atomic E-state index is 13.7. The number of benzene rings is 1. The molecular weight excluding hydrogens is 504 g/mol. The van der Waals surface area contributed by atoms with Crippen LogP contribution in [0.25, 0.3) is 11.4 Å². The van der Waals surface area contributed by atoms with Crippen molar-refractivity contribution in [1.82, 2.24) is 19.2 Å². The normalized spacial score (nSPS) is 17.9. The average Bonchev–Trinajstić information content (AvgIpc) is 2.93. The molecule has 0 spiro atoms. The molecule has 0 saturated carbocycles. The molecule has 1 aromatic heterocycles. The highest BCUT2D eigenvalue weighted by Gasteiger charge is 2.32. The number of H-pyrrole nitrogens is 1. The average molecular weight is 545 g/mol. The zero-order valence-corrected chi connectivity index (χ0v) is 23.5. The van der Waals surface area contributed by atoms with E-state index in [1.54, 1.807) is 23.5 Å². The molecule has 2 aliphatic rings. The summed E-state index contributed by atoms with van der Waals surface area (Å²) in [5.41, 5.74) is 0.655. The molecule has 1 aromatic carbocycles. The molecule has 3 N–H and O–H groups in total. The lowest BCUT2D eigenvalue weighted by atomic mass is 10.0. The number of piperidine rings is 2. The molecule has 38 heavy (non-hydrogen) atoms. The standard InChI is InChI=1S/C27H40N6O4S/c1-4-9-22(28)24-25(29-3)27(34)31-26(30-24)21-18-20(10-11-23(21)37-5-2)38(35,36)33-16-12-19(13-17-33)32-14-7-6-8-15-32/h10-11,18-19,28-29H,4-9,12-17H2,1-3H3,(H,30,31,34). The summed E-state index contributed by atoms with van der Waals surface area (Å²) in [5, 5.41) is 11.3. The minimum absolute atomic E-state index is 0.137. The van der Waals surface area contributed by atoms with Crippen LogP contribution in [0.4, 0.5) is 5.69 Å². The third-order valence-electron chi connectivity index (χ3n) is 7.43. The van der Waals surface area contributed by atoms with Crippen molar-refractivity contribution in [3.05, 3.63) is 34.2 Å². The fourth-order valence-corrected chi connectivity index (χ4v) is 6.93. The molecule has 2 saturated heterocycles. The van der Waals surface area contributed by atoms with E-state index in [0.717, 1.165) is 32.4 Å². The van der Waals surface area contributed by atoms with Crippen LogP contribution in [0.5, 0.6) is 5.75 Å². The second kappa shape index (κ2) is 12.4. The number of nitrogens with zero attached hydrogens (tertiary/aromatic N) is 3. The van der Waals surface area contributed by atoms with Gasteiger partial charge in [0.2, 0.25) is 10.0 Å². The van der Waals surface area contributed by atoms with Crippen molar-refractivity contribution in [3.8, 4) is 17.1 Å². The number of anilines is 1. The number of nitrogens with one attached hydrogen (secondary N) is 3. The Bertz CT molecular complexity index is 1300. The predicted octanol–water partition coefficient (Wildman–Crippen LogP) is 3.68. The summed E-state index contributed by atoms with van der Waals surface area (Å²) >= 11 is 0. The Hall–Kier alpha value is -2.76. The Morgan fingerprint density at radius 2 is 1.87 bits per heavy atom. The number of hydrogen-bond donors (Lipinski definition) is 3. The van der Waals surface area contributed by atoms with Gasteiger partial charge in [-0.15, -0.1) is 0 Å². The molecule has 11 heteroatoms. The fourth-order valence-electron chi connectivity index (χ4n) is 5.44. The van der Waals surface area contributed by atoms with Crippen molar-refractivity contribution in [2.45, 2.75) is 69.7 Å². The summed E-state index contributed by atoms with van der Waals surface area (Å²) in [4.78, 5) is 22.9. The van der Waals surface area contributed by atoms with E-state index in [0.29, 0.717) is 43.5 Å². The van der Waals surface area contributed by atoms with Gasteiger partial charge in [0.1, 0.15) is 23.0 Å². The lowest BCUT2D eigenvalue weighted by Crippen LogP contribution is -2.48. The summed E-state index contributed by atoms with van der Waals surface area (Å²) in [6, 6.07) is 5.15. The first-order chi connectivity index (χ1) is 18.3. The van der Waals surface area contributed by atoms with Crippen LogP contribution in [0.1, 0.15) is 64.5 Å².